The Hall–Kier alpha value is -2.84. The average Bonchev–Trinajstić information content (AvgIpc) is 3.07. The van der Waals surface area contributed by atoms with Crippen LogP contribution in [0, 0.1) is 0 Å². The second-order valence-electron chi connectivity index (χ2n) is 5.70. The van der Waals surface area contributed by atoms with Gasteiger partial charge in [-0.25, -0.2) is 5.43 Å². The van der Waals surface area contributed by atoms with Gasteiger partial charge >= 0.3 is 0 Å². The Balaban J connectivity index is 1.57. The normalized spacial score (nSPS) is 11.0. The summed E-state index contributed by atoms with van der Waals surface area (Å²) in [4.78, 5) is 12.0. The molecule has 28 heavy (non-hydrogen) atoms. The lowest BCUT2D eigenvalue weighted by Gasteiger charge is -2.04. The minimum atomic E-state index is -0.247. The molecule has 0 aliphatic carbocycles. The molecule has 0 bridgehead atoms. The quantitative estimate of drug-likeness (QED) is 0.363. The van der Waals surface area contributed by atoms with Crippen LogP contribution in [0.2, 0.25) is 5.02 Å². The van der Waals surface area contributed by atoms with E-state index in [9.17, 15) is 4.79 Å². The lowest BCUT2D eigenvalue weighted by atomic mass is 10.2. The minimum Gasteiger partial charge on any atom is -0.496 e. The van der Waals surface area contributed by atoms with Gasteiger partial charge in [0.25, 0.3) is 5.91 Å². The summed E-state index contributed by atoms with van der Waals surface area (Å²) in [6.07, 6.45) is 1.54. The number of hydrogen-bond acceptors (Lipinski definition) is 6. The molecule has 7 nitrogen and oxygen atoms in total. The van der Waals surface area contributed by atoms with Crippen LogP contribution in [0.5, 0.6) is 5.75 Å². The van der Waals surface area contributed by atoms with Crippen molar-refractivity contribution in [2.45, 2.75) is 5.16 Å². The van der Waals surface area contributed by atoms with E-state index >= 15 is 0 Å². The van der Waals surface area contributed by atoms with Gasteiger partial charge in [0.05, 0.1) is 19.1 Å². The molecule has 0 saturated carbocycles. The van der Waals surface area contributed by atoms with Crippen molar-refractivity contribution in [2.24, 2.45) is 12.1 Å². The first-order chi connectivity index (χ1) is 13.6. The number of hydrazone groups is 1. The maximum Gasteiger partial charge on any atom is 0.250 e. The van der Waals surface area contributed by atoms with Gasteiger partial charge < -0.3 is 9.30 Å². The van der Waals surface area contributed by atoms with Crippen molar-refractivity contribution < 1.29 is 9.53 Å². The van der Waals surface area contributed by atoms with Crippen molar-refractivity contribution in [1.82, 2.24) is 20.2 Å². The summed E-state index contributed by atoms with van der Waals surface area (Å²) in [5.41, 5.74) is 4.13. The number of carbonyl (C=O) groups excluding carboxylic acids is 1. The lowest BCUT2D eigenvalue weighted by Crippen LogP contribution is -2.20. The van der Waals surface area contributed by atoms with Crippen LogP contribution >= 0.6 is 23.4 Å². The van der Waals surface area contributed by atoms with E-state index in [2.05, 4.69) is 20.7 Å². The minimum absolute atomic E-state index is 0.158. The SMILES string of the molecule is COc1ccccc1/C=N\NC(=O)CSc1nnc(-c2cccc(Cl)c2)n1C. The Morgan fingerprint density at radius 1 is 1.29 bits per heavy atom. The van der Waals surface area contributed by atoms with E-state index in [4.69, 9.17) is 16.3 Å². The highest BCUT2D eigenvalue weighted by Crippen LogP contribution is 2.24. The third-order valence-corrected chi connectivity index (χ3v) is 5.04. The molecule has 1 heterocycles. The largest absolute Gasteiger partial charge is 0.496 e. The molecule has 0 aliphatic heterocycles. The molecule has 0 atom stereocenters. The Labute approximate surface area is 171 Å². The van der Waals surface area contributed by atoms with Gasteiger partial charge in [-0.1, -0.05) is 47.6 Å². The summed E-state index contributed by atoms with van der Waals surface area (Å²) in [5.74, 6) is 1.27. The van der Waals surface area contributed by atoms with Gasteiger partial charge in [-0.05, 0) is 24.3 Å². The number of methoxy groups -OCH3 is 1. The molecule has 1 aromatic heterocycles. The molecule has 0 fully saturated rings. The van der Waals surface area contributed by atoms with Crippen LogP contribution in [0.25, 0.3) is 11.4 Å². The third kappa shape index (κ3) is 4.90. The molecule has 1 amide bonds. The molecule has 0 radical (unpaired) electrons. The van der Waals surface area contributed by atoms with E-state index in [1.165, 1.54) is 11.8 Å². The number of benzene rings is 2. The van der Waals surface area contributed by atoms with Gasteiger partial charge in [0, 0.05) is 23.2 Å². The zero-order chi connectivity index (χ0) is 19.9. The molecule has 0 spiro atoms. The Morgan fingerprint density at radius 3 is 2.89 bits per heavy atom. The maximum absolute atomic E-state index is 12.0. The molecule has 0 saturated heterocycles. The second kappa shape index (κ2) is 9.38. The Morgan fingerprint density at radius 2 is 2.11 bits per heavy atom. The van der Waals surface area contributed by atoms with Crippen molar-refractivity contribution in [3.8, 4) is 17.1 Å². The summed E-state index contributed by atoms with van der Waals surface area (Å²) in [5, 5.41) is 13.5. The van der Waals surface area contributed by atoms with Crippen molar-refractivity contribution in [3.63, 3.8) is 0 Å². The number of nitrogens with one attached hydrogen (secondary N) is 1. The van der Waals surface area contributed by atoms with E-state index in [0.717, 1.165) is 11.1 Å². The number of aromatic nitrogens is 3. The van der Waals surface area contributed by atoms with E-state index in [1.807, 2.05) is 54.1 Å². The van der Waals surface area contributed by atoms with E-state index in [1.54, 1.807) is 19.4 Å². The van der Waals surface area contributed by atoms with Crippen molar-refractivity contribution in [3.05, 3.63) is 59.1 Å². The van der Waals surface area contributed by atoms with Crippen LogP contribution in [-0.4, -0.2) is 39.7 Å². The number of thioether (sulfide) groups is 1. The molecule has 2 aromatic carbocycles. The summed E-state index contributed by atoms with van der Waals surface area (Å²) in [6, 6.07) is 14.8. The molecule has 0 unspecified atom stereocenters. The van der Waals surface area contributed by atoms with Crippen LogP contribution < -0.4 is 10.2 Å². The second-order valence-corrected chi connectivity index (χ2v) is 7.08. The van der Waals surface area contributed by atoms with E-state index in [0.29, 0.717) is 21.8 Å². The summed E-state index contributed by atoms with van der Waals surface area (Å²) in [6.45, 7) is 0. The van der Waals surface area contributed by atoms with Gasteiger partial charge in [-0.3, -0.25) is 4.79 Å². The lowest BCUT2D eigenvalue weighted by molar-refractivity contribution is -0.118. The smallest absolute Gasteiger partial charge is 0.250 e. The monoisotopic (exact) mass is 415 g/mol. The summed E-state index contributed by atoms with van der Waals surface area (Å²) in [7, 11) is 3.43. The molecule has 0 aliphatic rings. The first kappa shape index (κ1) is 19.9. The zero-order valence-corrected chi connectivity index (χ0v) is 16.9. The number of halogens is 1. The van der Waals surface area contributed by atoms with Gasteiger partial charge in [-0.2, -0.15) is 5.10 Å². The summed E-state index contributed by atoms with van der Waals surface area (Å²) >= 11 is 7.31. The highest BCUT2D eigenvalue weighted by Gasteiger charge is 2.13. The highest BCUT2D eigenvalue weighted by molar-refractivity contribution is 7.99. The summed E-state index contributed by atoms with van der Waals surface area (Å²) < 4.78 is 7.05. The topological polar surface area (TPSA) is 81.4 Å². The standard InChI is InChI=1S/C19H18ClN5O2S/c1-25-18(13-7-5-8-15(20)10-13)23-24-19(25)28-12-17(26)22-21-11-14-6-3-4-9-16(14)27-2/h3-11H,12H2,1-2H3,(H,22,26)/b21-11-. The third-order valence-electron chi connectivity index (χ3n) is 3.78. The van der Waals surface area contributed by atoms with Crippen LogP contribution in [0.4, 0.5) is 0 Å². The van der Waals surface area contributed by atoms with Crippen LogP contribution in [0.3, 0.4) is 0 Å². The fraction of sp³-hybridized carbons (Fsp3) is 0.158. The molecule has 144 valence electrons. The number of hydrogen-bond donors (Lipinski definition) is 1. The zero-order valence-electron chi connectivity index (χ0n) is 15.3. The predicted molar refractivity (Wildman–Crippen MR) is 111 cm³/mol. The van der Waals surface area contributed by atoms with Gasteiger partial charge in [0.1, 0.15) is 5.75 Å². The molecule has 1 N–H and O–H groups in total. The highest BCUT2D eigenvalue weighted by atomic mass is 35.5. The van der Waals surface area contributed by atoms with Crippen molar-refractivity contribution >= 4 is 35.5 Å². The maximum atomic E-state index is 12.0. The number of para-hydroxylation sites is 1. The van der Waals surface area contributed by atoms with Crippen LogP contribution in [0.15, 0.2) is 58.8 Å². The van der Waals surface area contributed by atoms with Gasteiger partial charge in [0.2, 0.25) is 0 Å². The number of rotatable bonds is 7. The number of amides is 1. The molecule has 3 rings (SSSR count). The van der Waals surface area contributed by atoms with Crippen LogP contribution in [0.1, 0.15) is 5.56 Å². The number of nitrogens with zero attached hydrogens (tertiary/aromatic N) is 4. The fourth-order valence-electron chi connectivity index (χ4n) is 2.43. The molecular formula is C19H18ClN5O2S. The van der Waals surface area contributed by atoms with Crippen LogP contribution in [-0.2, 0) is 11.8 Å². The van der Waals surface area contributed by atoms with E-state index < -0.39 is 0 Å². The first-order valence-electron chi connectivity index (χ1n) is 8.31. The van der Waals surface area contributed by atoms with Gasteiger partial charge in [-0.15, -0.1) is 10.2 Å². The Bertz CT molecular complexity index is 1010. The molecule has 3 aromatic rings. The average molecular weight is 416 g/mol. The molecular weight excluding hydrogens is 398 g/mol. The van der Waals surface area contributed by atoms with Crippen molar-refractivity contribution in [1.29, 1.82) is 0 Å². The number of ether oxygens (including phenoxy) is 1. The molecule has 9 heteroatoms. The van der Waals surface area contributed by atoms with Crippen molar-refractivity contribution in [2.75, 3.05) is 12.9 Å². The first-order valence-corrected chi connectivity index (χ1v) is 9.68. The van der Waals surface area contributed by atoms with Gasteiger partial charge in [0.15, 0.2) is 11.0 Å². The predicted octanol–water partition coefficient (Wildman–Crippen LogP) is 3.39. The fourth-order valence-corrected chi connectivity index (χ4v) is 3.32. The van der Waals surface area contributed by atoms with E-state index in [-0.39, 0.29) is 11.7 Å². The number of carbonyl (C=O) groups is 1. The Kier molecular flexibility index (Phi) is 6.67.